The molecule has 3 N–H and O–H groups in total. The van der Waals surface area contributed by atoms with Crippen molar-refractivity contribution < 1.29 is 9.59 Å². The van der Waals surface area contributed by atoms with E-state index in [2.05, 4.69) is 17.2 Å². The van der Waals surface area contributed by atoms with Crippen molar-refractivity contribution >= 4 is 11.8 Å². The van der Waals surface area contributed by atoms with Gasteiger partial charge in [0.05, 0.1) is 13.1 Å². The van der Waals surface area contributed by atoms with E-state index in [9.17, 15) is 9.59 Å². The second kappa shape index (κ2) is 6.03. The summed E-state index contributed by atoms with van der Waals surface area (Å²) in [6.45, 7) is 1.47. The van der Waals surface area contributed by atoms with Crippen LogP contribution in [0.15, 0.2) is 24.3 Å². The first-order chi connectivity index (χ1) is 9.20. The van der Waals surface area contributed by atoms with Crippen LogP contribution in [0.3, 0.4) is 0 Å². The lowest BCUT2D eigenvalue weighted by molar-refractivity contribution is -0.123. The van der Waals surface area contributed by atoms with E-state index in [0.717, 1.165) is 5.56 Å². The summed E-state index contributed by atoms with van der Waals surface area (Å²) in [4.78, 5) is 24.9. The summed E-state index contributed by atoms with van der Waals surface area (Å²) in [6, 6.07) is 6.99. The van der Waals surface area contributed by atoms with E-state index in [-0.39, 0.29) is 18.4 Å². The lowest BCUT2D eigenvalue weighted by Crippen LogP contribution is -2.49. The second-order valence-electron chi connectivity index (χ2n) is 4.16. The minimum atomic E-state index is -0.131. The molecule has 98 valence electrons. The summed E-state index contributed by atoms with van der Waals surface area (Å²) >= 11 is 0. The lowest BCUT2D eigenvalue weighted by atomic mass is 10.1. The number of nitrogens with zero attached hydrogens (tertiary/aromatic N) is 1. The van der Waals surface area contributed by atoms with Crippen LogP contribution in [0.2, 0.25) is 0 Å². The topological polar surface area (TPSA) is 75.4 Å². The van der Waals surface area contributed by atoms with E-state index in [1.165, 1.54) is 0 Å². The summed E-state index contributed by atoms with van der Waals surface area (Å²) in [5.74, 6) is 5.39. The van der Waals surface area contributed by atoms with Crippen LogP contribution < -0.4 is 11.1 Å². The number of rotatable bonds is 1. The molecular formula is C14H15N3O2. The Labute approximate surface area is 111 Å². The number of carbonyl (C=O) groups excluding carboxylic acids is 2. The fourth-order valence-electron chi connectivity index (χ4n) is 1.84. The normalized spacial score (nSPS) is 14.4. The molecule has 0 radical (unpaired) electrons. The van der Waals surface area contributed by atoms with Crippen molar-refractivity contribution in [3.05, 3.63) is 35.4 Å². The van der Waals surface area contributed by atoms with Crippen molar-refractivity contribution in [2.75, 3.05) is 26.2 Å². The number of amides is 2. The molecule has 0 spiro atoms. The van der Waals surface area contributed by atoms with Crippen molar-refractivity contribution in [1.29, 1.82) is 0 Å². The highest BCUT2D eigenvalue weighted by Gasteiger charge is 2.21. The first-order valence-electron chi connectivity index (χ1n) is 6.05. The monoisotopic (exact) mass is 257 g/mol. The fraction of sp³-hybridized carbons (Fsp3) is 0.286. The van der Waals surface area contributed by atoms with Crippen LogP contribution in [-0.2, 0) is 4.79 Å². The maximum Gasteiger partial charge on any atom is 0.254 e. The molecule has 2 amide bonds. The Hall–Kier alpha value is -2.32. The van der Waals surface area contributed by atoms with Gasteiger partial charge in [-0.05, 0) is 24.3 Å². The van der Waals surface area contributed by atoms with Crippen molar-refractivity contribution in [2.24, 2.45) is 5.73 Å². The summed E-state index contributed by atoms with van der Waals surface area (Å²) in [5.41, 5.74) is 6.67. The predicted octanol–water partition coefficient (Wildman–Crippen LogP) is -0.431. The highest BCUT2D eigenvalue weighted by molar-refractivity contribution is 5.97. The van der Waals surface area contributed by atoms with E-state index >= 15 is 0 Å². The van der Waals surface area contributed by atoms with Gasteiger partial charge in [0.25, 0.3) is 5.91 Å². The van der Waals surface area contributed by atoms with Crippen molar-refractivity contribution in [1.82, 2.24) is 10.2 Å². The van der Waals surface area contributed by atoms with Crippen LogP contribution in [0.5, 0.6) is 0 Å². The molecule has 19 heavy (non-hydrogen) atoms. The SMILES string of the molecule is NCC#Cc1ccc(C(=O)N2CCNC(=O)C2)cc1. The van der Waals surface area contributed by atoms with Gasteiger partial charge in [-0.1, -0.05) is 11.8 Å². The van der Waals surface area contributed by atoms with Crippen LogP contribution in [0.4, 0.5) is 0 Å². The third-order valence-corrected chi connectivity index (χ3v) is 2.79. The lowest BCUT2D eigenvalue weighted by Gasteiger charge is -2.26. The zero-order valence-corrected chi connectivity index (χ0v) is 10.5. The second-order valence-corrected chi connectivity index (χ2v) is 4.16. The number of benzene rings is 1. The number of hydrogen-bond acceptors (Lipinski definition) is 3. The Morgan fingerprint density at radius 1 is 1.37 bits per heavy atom. The highest BCUT2D eigenvalue weighted by atomic mass is 16.2. The Morgan fingerprint density at radius 2 is 2.11 bits per heavy atom. The number of piperazine rings is 1. The molecule has 0 bridgehead atoms. The third-order valence-electron chi connectivity index (χ3n) is 2.79. The summed E-state index contributed by atoms with van der Waals surface area (Å²) < 4.78 is 0. The largest absolute Gasteiger partial charge is 0.353 e. The van der Waals surface area contributed by atoms with E-state index in [1.54, 1.807) is 29.2 Å². The zero-order valence-electron chi connectivity index (χ0n) is 10.5. The number of nitrogens with one attached hydrogen (secondary N) is 1. The Morgan fingerprint density at radius 3 is 2.74 bits per heavy atom. The van der Waals surface area contributed by atoms with Crippen molar-refractivity contribution in [3.8, 4) is 11.8 Å². The molecule has 0 atom stereocenters. The fourth-order valence-corrected chi connectivity index (χ4v) is 1.84. The molecule has 0 saturated carbocycles. The molecule has 1 aromatic rings. The van der Waals surface area contributed by atoms with E-state index < -0.39 is 0 Å². The molecule has 1 aromatic carbocycles. The van der Waals surface area contributed by atoms with Gasteiger partial charge in [-0.15, -0.1) is 0 Å². The van der Waals surface area contributed by atoms with Gasteiger partial charge in [0.15, 0.2) is 0 Å². The molecule has 0 aliphatic carbocycles. The average molecular weight is 257 g/mol. The third kappa shape index (κ3) is 3.33. The summed E-state index contributed by atoms with van der Waals surface area (Å²) in [5, 5.41) is 2.69. The first kappa shape index (κ1) is 13.1. The van der Waals surface area contributed by atoms with Gasteiger partial charge in [-0.3, -0.25) is 9.59 Å². The molecule has 5 heteroatoms. The van der Waals surface area contributed by atoms with Gasteiger partial charge in [0.1, 0.15) is 0 Å². The Kier molecular flexibility index (Phi) is 4.16. The highest BCUT2D eigenvalue weighted by Crippen LogP contribution is 2.08. The molecule has 1 saturated heterocycles. The van der Waals surface area contributed by atoms with E-state index in [4.69, 9.17) is 5.73 Å². The molecule has 2 rings (SSSR count). The van der Waals surface area contributed by atoms with Crippen LogP contribution in [0.1, 0.15) is 15.9 Å². The standard InChI is InChI=1S/C14H15N3O2/c15-7-1-2-11-3-5-12(6-4-11)14(19)17-9-8-16-13(18)10-17/h3-6H,7-10,15H2,(H,16,18). The molecular weight excluding hydrogens is 242 g/mol. The molecule has 1 fully saturated rings. The molecule has 5 nitrogen and oxygen atoms in total. The smallest absolute Gasteiger partial charge is 0.254 e. The zero-order chi connectivity index (χ0) is 13.7. The average Bonchev–Trinajstić information content (AvgIpc) is 2.45. The quantitative estimate of drug-likeness (QED) is 0.670. The number of nitrogens with two attached hydrogens (primary N) is 1. The predicted molar refractivity (Wildman–Crippen MR) is 71.3 cm³/mol. The Balaban J connectivity index is 2.09. The molecule has 0 aromatic heterocycles. The van der Waals surface area contributed by atoms with Gasteiger partial charge in [-0.25, -0.2) is 0 Å². The van der Waals surface area contributed by atoms with Crippen LogP contribution in [0.25, 0.3) is 0 Å². The van der Waals surface area contributed by atoms with Crippen LogP contribution >= 0.6 is 0 Å². The first-order valence-corrected chi connectivity index (χ1v) is 6.05. The van der Waals surface area contributed by atoms with Gasteiger partial charge in [0, 0.05) is 24.2 Å². The van der Waals surface area contributed by atoms with Crippen LogP contribution in [-0.4, -0.2) is 42.9 Å². The Bertz CT molecular complexity index is 540. The van der Waals surface area contributed by atoms with Crippen molar-refractivity contribution in [2.45, 2.75) is 0 Å². The van der Waals surface area contributed by atoms with E-state index in [1.807, 2.05) is 0 Å². The van der Waals surface area contributed by atoms with Gasteiger partial charge < -0.3 is 16.0 Å². The maximum absolute atomic E-state index is 12.2. The molecule has 0 unspecified atom stereocenters. The summed E-state index contributed by atoms with van der Waals surface area (Å²) in [6.07, 6.45) is 0. The minimum Gasteiger partial charge on any atom is -0.353 e. The number of hydrogen-bond donors (Lipinski definition) is 2. The summed E-state index contributed by atoms with van der Waals surface area (Å²) in [7, 11) is 0. The maximum atomic E-state index is 12.2. The number of carbonyl (C=O) groups is 2. The molecule has 1 aliphatic rings. The molecule has 1 aliphatic heterocycles. The molecule has 1 heterocycles. The van der Waals surface area contributed by atoms with Crippen molar-refractivity contribution in [3.63, 3.8) is 0 Å². The van der Waals surface area contributed by atoms with Gasteiger partial charge in [-0.2, -0.15) is 0 Å². The van der Waals surface area contributed by atoms with Crippen LogP contribution in [0, 0.1) is 11.8 Å². The van der Waals surface area contributed by atoms with Gasteiger partial charge >= 0.3 is 0 Å². The van der Waals surface area contributed by atoms with E-state index in [0.29, 0.717) is 25.2 Å². The minimum absolute atomic E-state index is 0.119. The van der Waals surface area contributed by atoms with Gasteiger partial charge in [0.2, 0.25) is 5.91 Å².